The number of nitrogens with zero attached hydrogens (tertiary/aromatic N) is 3. The number of carbonyl (C=O) groups excluding carboxylic acids is 1. The molecular formula is C21H25F3N4O3S. The summed E-state index contributed by atoms with van der Waals surface area (Å²) >= 11 is 0. The zero-order chi connectivity index (χ0) is 23.1. The number of amides is 1. The van der Waals surface area contributed by atoms with E-state index in [9.17, 15) is 26.4 Å². The van der Waals surface area contributed by atoms with Gasteiger partial charge in [-0.2, -0.15) is 18.3 Å². The Morgan fingerprint density at radius 3 is 2.47 bits per heavy atom. The first-order valence-electron chi connectivity index (χ1n) is 10.6. The highest BCUT2D eigenvalue weighted by molar-refractivity contribution is 7.89. The molecule has 2 aromatic rings. The summed E-state index contributed by atoms with van der Waals surface area (Å²) in [7, 11) is -3.79. The van der Waals surface area contributed by atoms with Gasteiger partial charge in [0.05, 0.1) is 10.9 Å². The largest absolute Gasteiger partial charge is 0.435 e. The van der Waals surface area contributed by atoms with Crippen LogP contribution in [0.2, 0.25) is 0 Å². The predicted molar refractivity (Wildman–Crippen MR) is 112 cm³/mol. The van der Waals surface area contributed by atoms with Crippen molar-refractivity contribution in [3.63, 3.8) is 0 Å². The van der Waals surface area contributed by atoms with Crippen molar-refractivity contribution in [1.29, 1.82) is 0 Å². The highest BCUT2D eigenvalue weighted by Crippen LogP contribution is 2.43. The molecule has 1 aliphatic heterocycles. The van der Waals surface area contributed by atoms with E-state index in [0.29, 0.717) is 24.3 Å². The topological polar surface area (TPSA) is 84.3 Å². The van der Waals surface area contributed by atoms with Crippen LogP contribution < -0.4 is 9.62 Å². The molecule has 0 unspecified atom stereocenters. The van der Waals surface area contributed by atoms with E-state index in [1.165, 1.54) is 16.8 Å². The van der Waals surface area contributed by atoms with Crippen LogP contribution in [-0.4, -0.2) is 37.2 Å². The summed E-state index contributed by atoms with van der Waals surface area (Å²) in [4.78, 5) is 13.5. The third-order valence-electron chi connectivity index (χ3n) is 5.85. The van der Waals surface area contributed by atoms with Gasteiger partial charge in [0.25, 0.3) is 0 Å². The molecule has 4 rings (SSSR count). The second kappa shape index (κ2) is 8.51. The van der Waals surface area contributed by atoms with Crippen molar-refractivity contribution in [2.24, 2.45) is 0 Å². The molecule has 1 N–H and O–H groups in total. The van der Waals surface area contributed by atoms with E-state index >= 15 is 0 Å². The first-order valence-corrected chi connectivity index (χ1v) is 12.1. The van der Waals surface area contributed by atoms with Gasteiger partial charge in [0.2, 0.25) is 15.9 Å². The van der Waals surface area contributed by atoms with Crippen molar-refractivity contribution in [1.82, 2.24) is 14.5 Å². The van der Waals surface area contributed by atoms with Gasteiger partial charge in [-0.3, -0.25) is 9.48 Å². The number of hydrogen-bond acceptors (Lipinski definition) is 4. The Morgan fingerprint density at radius 2 is 1.91 bits per heavy atom. The van der Waals surface area contributed by atoms with Crippen molar-refractivity contribution in [2.45, 2.75) is 62.1 Å². The SMILES string of the molecule is C[C@@H](CCNS(=O)(=O)c1ccc(N2CCCC2=O)cc1)n1nc(C(F)(F)F)cc1C1CC1. The molecule has 0 bridgehead atoms. The van der Waals surface area contributed by atoms with Gasteiger partial charge in [-0.05, 0) is 62.9 Å². The molecule has 1 amide bonds. The lowest BCUT2D eigenvalue weighted by Gasteiger charge is -2.17. The Labute approximate surface area is 184 Å². The summed E-state index contributed by atoms with van der Waals surface area (Å²) in [5.41, 5.74) is 0.301. The fourth-order valence-electron chi connectivity index (χ4n) is 3.92. The summed E-state index contributed by atoms with van der Waals surface area (Å²) in [6.07, 6.45) is -1.28. The third-order valence-corrected chi connectivity index (χ3v) is 7.33. The number of benzene rings is 1. The van der Waals surface area contributed by atoms with E-state index in [-0.39, 0.29) is 29.7 Å². The quantitative estimate of drug-likeness (QED) is 0.636. The van der Waals surface area contributed by atoms with E-state index in [1.807, 2.05) is 0 Å². The Balaban J connectivity index is 1.38. The van der Waals surface area contributed by atoms with Gasteiger partial charge < -0.3 is 4.90 Å². The monoisotopic (exact) mass is 470 g/mol. The number of halogens is 3. The van der Waals surface area contributed by atoms with Crippen LogP contribution >= 0.6 is 0 Å². The van der Waals surface area contributed by atoms with Gasteiger partial charge in [-0.15, -0.1) is 0 Å². The highest BCUT2D eigenvalue weighted by atomic mass is 32.2. The Morgan fingerprint density at radius 1 is 1.22 bits per heavy atom. The van der Waals surface area contributed by atoms with Crippen LogP contribution in [0.25, 0.3) is 0 Å². The van der Waals surface area contributed by atoms with Gasteiger partial charge in [0.15, 0.2) is 5.69 Å². The minimum atomic E-state index is -4.51. The van der Waals surface area contributed by atoms with Crippen molar-refractivity contribution in [3.05, 3.63) is 41.7 Å². The molecule has 0 radical (unpaired) electrons. The summed E-state index contributed by atoms with van der Waals surface area (Å²) < 4.78 is 68.4. The summed E-state index contributed by atoms with van der Waals surface area (Å²) in [5.74, 6) is 0.101. The molecule has 2 aliphatic rings. The molecule has 2 fully saturated rings. The molecule has 1 aromatic heterocycles. The lowest BCUT2D eigenvalue weighted by atomic mass is 10.2. The Hall–Kier alpha value is -2.40. The number of nitrogens with one attached hydrogen (secondary N) is 1. The molecular weight excluding hydrogens is 445 g/mol. The predicted octanol–water partition coefficient (Wildman–Crippen LogP) is 3.84. The molecule has 7 nitrogen and oxygen atoms in total. The normalized spacial score (nSPS) is 18.4. The van der Waals surface area contributed by atoms with E-state index < -0.39 is 27.9 Å². The number of alkyl halides is 3. The number of anilines is 1. The maximum Gasteiger partial charge on any atom is 0.435 e. The van der Waals surface area contributed by atoms with Gasteiger partial charge in [0.1, 0.15) is 0 Å². The number of sulfonamides is 1. The summed E-state index contributed by atoms with van der Waals surface area (Å²) in [6, 6.07) is 6.80. The molecule has 174 valence electrons. The Kier molecular flexibility index (Phi) is 6.06. The first kappa shape index (κ1) is 22.8. The van der Waals surface area contributed by atoms with E-state index in [2.05, 4.69) is 9.82 Å². The van der Waals surface area contributed by atoms with Crippen LogP contribution in [0.3, 0.4) is 0 Å². The standard InChI is InChI=1S/C21H25F3N4O3S/c1-14(28-18(15-4-5-15)13-19(26-28)21(22,23)24)10-11-25-32(30,31)17-8-6-16(7-9-17)27-12-2-3-20(27)29/h6-9,13-15,25H,2-5,10-12H2,1H3/t14-/m0/s1. The molecule has 32 heavy (non-hydrogen) atoms. The number of aromatic nitrogens is 2. The maximum absolute atomic E-state index is 13.1. The molecule has 1 saturated heterocycles. The minimum Gasteiger partial charge on any atom is -0.312 e. The van der Waals surface area contributed by atoms with E-state index in [4.69, 9.17) is 0 Å². The van der Waals surface area contributed by atoms with E-state index in [0.717, 1.165) is 25.3 Å². The minimum absolute atomic E-state index is 0.0191. The van der Waals surface area contributed by atoms with Crippen LogP contribution in [-0.2, 0) is 21.0 Å². The van der Waals surface area contributed by atoms with Crippen LogP contribution in [0.5, 0.6) is 0 Å². The number of rotatable bonds is 8. The molecule has 1 aromatic carbocycles. The highest BCUT2D eigenvalue weighted by Gasteiger charge is 2.38. The third kappa shape index (κ3) is 4.83. The van der Waals surface area contributed by atoms with Crippen LogP contribution in [0, 0.1) is 0 Å². The zero-order valence-electron chi connectivity index (χ0n) is 17.6. The first-order chi connectivity index (χ1) is 15.1. The molecule has 1 aliphatic carbocycles. The fraction of sp³-hybridized carbons (Fsp3) is 0.524. The van der Waals surface area contributed by atoms with Crippen molar-refractivity contribution in [2.75, 3.05) is 18.0 Å². The van der Waals surface area contributed by atoms with Crippen molar-refractivity contribution < 1.29 is 26.4 Å². The van der Waals surface area contributed by atoms with E-state index in [1.54, 1.807) is 24.0 Å². The molecule has 0 spiro atoms. The average molecular weight is 471 g/mol. The second-order valence-corrected chi connectivity index (χ2v) is 10.1. The van der Waals surface area contributed by atoms with Gasteiger partial charge >= 0.3 is 6.18 Å². The van der Waals surface area contributed by atoms with Crippen molar-refractivity contribution >= 4 is 21.6 Å². The fourth-order valence-corrected chi connectivity index (χ4v) is 4.97. The van der Waals surface area contributed by atoms with Gasteiger partial charge in [-0.1, -0.05) is 0 Å². The average Bonchev–Trinajstić information content (AvgIpc) is 3.31. The van der Waals surface area contributed by atoms with Gasteiger partial charge in [-0.25, -0.2) is 13.1 Å². The molecule has 2 heterocycles. The van der Waals surface area contributed by atoms with Crippen molar-refractivity contribution in [3.8, 4) is 0 Å². The van der Waals surface area contributed by atoms with Gasteiger partial charge in [0, 0.05) is 36.8 Å². The summed E-state index contributed by atoms with van der Waals surface area (Å²) in [6.45, 7) is 2.41. The maximum atomic E-state index is 13.1. The number of hydrogen-bond donors (Lipinski definition) is 1. The second-order valence-electron chi connectivity index (χ2n) is 8.35. The summed E-state index contributed by atoms with van der Waals surface area (Å²) in [5, 5.41) is 3.75. The zero-order valence-corrected chi connectivity index (χ0v) is 18.4. The lowest BCUT2D eigenvalue weighted by Crippen LogP contribution is -2.27. The van der Waals surface area contributed by atoms with Crippen LogP contribution in [0.4, 0.5) is 18.9 Å². The lowest BCUT2D eigenvalue weighted by molar-refractivity contribution is -0.141. The number of carbonyl (C=O) groups is 1. The molecule has 1 atom stereocenters. The smallest absolute Gasteiger partial charge is 0.312 e. The Bertz CT molecular complexity index is 1090. The molecule has 1 saturated carbocycles. The molecule has 11 heteroatoms. The van der Waals surface area contributed by atoms with Crippen LogP contribution in [0.1, 0.15) is 62.4 Å². The van der Waals surface area contributed by atoms with Crippen LogP contribution in [0.15, 0.2) is 35.2 Å².